The molecular weight excluding hydrogens is 256 g/mol. The Bertz CT molecular complexity index is 442. The van der Waals surface area contributed by atoms with Gasteiger partial charge in [-0.25, -0.2) is 0 Å². The fourth-order valence-electron chi connectivity index (χ4n) is 2.55. The molecule has 1 N–H and O–H groups in total. The fraction of sp³-hybridized carbons (Fsp3) is 0.533. The maximum Gasteiger partial charge on any atom is 0.225 e. The molecule has 1 amide bonds. The molecule has 0 spiro atoms. The summed E-state index contributed by atoms with van der Waals surface area (Å²) in [6.07, 6.45) is 4.30. The third-order valence-electron chi connectivity index (χ3n) is 3.61. The number of nitrogens with one attached hydrogen (secondary N) is 1. The summed E-state index contributed by atoms with van der Waals surface area (Å²) in [4.78, 5) is 14.1. The number of carbonyl (C=O) groups is 1. The van der Waals surface area contributed by atoms with Gasteiger partial charge >= 0.3 is 0 Å². The number of rotatable bonds is 4. The van der Waals surface area contributed by atoms with E-state index in [9.17, 15) is 4.79 Å². The third-order valence-corrected chi connectivity index (χ3v) is 3.84. The quantitative estimate of drug-likeness (QED) is 0.829. The second-order valence-electron chi connectivity index (χ2n) is 5.02. The van der Waals surface area contributed by atoms with Gasteiger partial charge in [0.1, 0.15) is 0 Å². The first-order valence-electron chi connectivity index (χ1n) is 6.97. The van der Waals surface area contributed by atoms with Crippen molar-refractivity contribution in [3.05, 3.63) is 23.8 Å². The fourth-order valence-corrected chi connectivity index (χ4v) is 2.75. The van der Waals surface area contributed by atoms with Crippen LogP contribution in [0, 0.1) is 6.92 Å². The van der Waals surface area contributed by atoms with Gasteiger partial charge < -0.3 is 10.2 Å². The lowest BCUT2D eigenvalue weighted by atomic mass is 10.1. The summed E-state index contributed by atoms with van der Waals surface area (Å²) in [5.41, 5.74) is 3.34. The van der Waals surface area contributed by atoms with Crippen molar-refractivity contribution in [2.75, 3.05) is 29.1 Å². The second-order valence-corrected chi connectivity index (χ2v) is 5.47. The molecule has 0 saturated carbocycles. The van der Waals surface area contributed by atoms with Crippen LogP contribution in [0.2, 0.25) is 0 Å². The molecule has 4 heteroatoms. The van der Waals surface area contributed by atoms with Crippen molar-refractivity contribution in [2.24, 2.45) is 0 Å². The Balaban J connectivity index is 2.15. The van der Waals surface area contributed by atoms with Gasteiger partial charge in [0.2, 0.25) is 5.91 Å². The zero-order valence-electron chi connectivity index (χ0n) is 11.5. The van der Waals surface area contributed by atoms with Gasteiger partial charge in [0.25, 0.3) is 0 Å². The molecule has 0 aliphatic carbocycles. The van der Waals surface area contributed by atoms with Crippen molar-refractivity contribution in [1.29, 1.82) is 0 Å². The van der Waals surface area contributed by atoms with Crippen molar-refractivity contribution >= 4 is 29.9 Å². The molecule has 1 aromatic carbocycles. The molecule has 0 unspecified atom stereocenters. The molecule has 1 aromatic rings. The van der Waals surface area contributed by atoms with Gasteiger partial charge in [-0.1, -0.05) is 6.07 Å². The molecule has 0 radical (unpaired) electrons. The van der Waals surface area contributed by atoms with E-state index in [1.54, 1.807) is 0 Å². The lowest BCUT2D eigenvalue weighted by molar-refractivity contribution is -0.115. The molecule has 0 atom stereocenters. The largest absolute Gasteiger partial charge is 0.371 e. The van der Waals surface area contributed by atoms with Crippen molar-refractivity contribution in [3.8, 4) is 0 Å². The number of hydrogen-bond acceptors (Lipinski definition) is 3. The van der Waals surface area contributed by atoms with Crippen LogP contribution in [0.3, 0.4) is 0 Å². The van der Waals surface area contributed by atoms with Crippen molar-refractivity contribution < 1.29 is 4.79 Å². The van der Waals surface area contributed by atoms with Crippen LogP contribution in [-0.2, 0) is 4.79 Å². The number of nitrogens with zero attached hydrogens (tertiary/aromatic N) is 1. The Kier molecular flexibility index (Phi) is 5.14. The first-order chi connectivity index (χ1) is 9.22. The highest BCUT2D eigenvalue weighted by Gasteiger charge is 2.15. The molecule has 104 valence electrons. The van der Waals surface area contributed by atoms with E-state index in [1.165, 1.54) is 24.9 Å². The maximum atomic E-state index is 11.7. The summed E-state index contributed by atoms with van der Waals surface area (Å²) in [6, 6.07) is 6.14. The number of benzene rings is 1. The monoisotopic (exact) mass is 278 g/mol. The lowest BCUT2D eigenvalue weighted by Gasteiger charge is -2.30. The Morgan fingerprint density at radius 2 is 2.05 bits per heavy atom. The van der Waals surface area contributed by atoms with Crippen LogP contribution in [0.5, 0.6) is 0 Å². The van der Waals surface area contributed by atoms with Gasteiger partial charge in [0, 0.05) is 30.9 Å². The van der Waals surface area contributed by atoms with Crippen molar-refractivity contribution in [3.63, 3.8) is 0 Å². The molecule has 1 aliphatic rings. The van der Waals surface area contributed by atoms with Crippen LogP contribution in [0.15, 0.2) is 18.2 Å². The molecule has 1 fully saturated rings. The molecule has 0 bridgehead atoms. The minimum atomic E-state index is 0.0360. The Morgan fingerprint density at radius 1 is 1.32 bits per heavy atom. The van der Waals surface area contributed by atoms with Gasteiger partial charge in [-0.3, -0.25) is 4.79 Å². The first kappa shape index (κ1) is 14.3. The first-order valence-corrected chi connectivity index (χ1v) is 7.61. The van der Waals surface area contributed by atoms with Gasteiger partial charge in [-0.2, -0.15) is 12.6 Å². The molecular formula is C15H22N2OS. The summed E-state index contributed by atoms with van der Waals surface area (Å²) < 4.78 is 0. The van der Waals surface area contributed by atoms with E-state index < -0.39 is 0 Å². The normalized spacial score (nSPS) is 15.4. The van der Waals surface area contributed by atoms with Crippen molar-refractivity contribution in [1.82, 2.24) is 0 Å². The topological polar surface area (TPSA) is 32.3 Å². The maximum absolute atomic E-state index is 11.7. The summed E-state index contributed by atoms with van der Waals surface area (Å²) in [5, 5.41) is 2.98. The molecule has 2 rings (SSSR count). The van der Waals surface area contributed by atoms with Crippen LogP contribution < -0.4 is 10.2 Å². The van der Waals surface area contributed by atoms with E-state index in [0.29, 0.717) is 12.2 Å². The van der Waals surface area contributed by atoms with Crippen LogP contribution >= 0.6 is 12.6 Å². The summed E-state index contributed by atoms with van der Waals surface area (Å²) in [7, 11) is 0. The van der Waals surface area contributed by atoms with Gasteiger partial charge in [0.15, 0.2) is 0 Å². The minimum absolute atomic E-state index is 0.0360. The molecule has 3 nitrogen and oxygen atoms in total. The van der Waals surface area contributed by atoms with E-state index in [4.69, 9.17) is 0 Å². The molecule has 1 heterocycles. The third kappa shape index (κ3) is 3.66. The van der Waals surface area contributed by atoms with E-state index >= 15 is 0 Å². The van der Waals surface area contributed by atoms with E-state index in [-0.39, 0.29) is 5.91 Å². The smallest absolute Gasteiger partial charge is 0.225 e. The predicted molar refractivity (Wildman–Crippen MR) is 84.3 cm³/mol. The molecule has 1 saturated heterocycles. The summed E-state index contributed by atoms with van der Waals surface area (Å²) >= 11 is 4.09. The molecule has 0 aromatic heterocycles. The minimum Gasteiger partial charge on any atom is -0.371 e. The average molecular weight is 278 g/mol. The zero-order valence-corrected chi connectivity index (χ0v) is 12.4. The number of thiol groups is 1. The lowest BCUT2D eigenvalue weighted by Crippen LogP contribution is -2.30. The number of anilines is 2. The van der Waals surface area contributed by atoms with Crippen molar-refractivity contribution in [2.45, 2.75) is 32.6 Å². The van der Waals surface area contributed by atoms with Gasteiger partial charge in [-0.15, -0.1) is 0 Å². The second kappa shape index (κ2) is 6.85. The highest BCUT2D eigenvalue weighted by Crippen LogP contribution is 2.28. The van der Waals surface area contributed by atoms with Crippen LogP contribution in [0.25, 0.3) is 0 Å². The van der Waals surface area contributed by atoms with Crippen LogP contribution in [0.1, 0.15) is 31.2 Å². The Labute approximate surface area is 120 Å². The molecule has 1 aliphatic heterocycles. The number of piperidine rings is 1. The van der Waals surface area contributed by atoms with E-state index in [2.05, 4.69) is 35.8 Å². The highest BCUT2D eigenvalue weighted by atomic mass is 32.1. The number of carbonyl (C=O) groups excluding carboxylic acids is 1. The average Bonchev–Trinajstić information content (AvgIpc) is 2.42. The number of hydrogen-bond donors (Lipinski definition) is 2. The Hall–Kier alpha value is -1.16. The van der Waals surface area contributed by atoms with E-state index in [1.807, 2.05) is 12.1 Å². The predicted octanol–water partition coefficient (Wildman–Crippen LogP) is 3.24. The van der Waals surface area contributed by atoms with Crippen LogP contribution in [0.4, 0.5) is 11.4 Å². The summed E-state index contributed by atoms with van der Waals surface area (Å²) in [6.45, 7) is 4.32. The van der Waals surface area contributed by atoms with Crippen LogP contribution in [-0.4, -0.2) is 24.7 Å². The Morgan fingerprint density at radius 3 is 2.74 bits per heavy atom. The summed E-state index contributed by atoms with van der Waals surface area (Å²) in [5.74, 6) is 0.616. The zero-order chi connectivity index (χ0) is 13.7. The number of amides is 1. The SMILES string of the molecule is Cc1c(NC(=O)CCS)cccc1N1CCCCC1. The molecule has 19 heavy (non-hydrogen) atoms. The van der Waals surface area contributed by atoms with E-state index in [0.717, 1.165) is 24.3 Å². The van der Waals surface area contributed by atoms with Gasteiger partial charge in [-0.05, 0) is 49.6 Å². The standard InChI is InChI=1S/C15H22N2OS/c1-12-13(16-15(18)8-11-19)6-5-7-14(12)17-9-3-2-4-10-17/h5-7,19H,2-4,8-11H2,1H3,(H,16,18). The van der Waals surface area contributed by atoms with Gasteiger partial charge in [0.05, 0.1) is 0 Å². The highest BCUT2D eigenvalue weighted by molar-refractivity contribution is 7.80.